The van der Waals surface area contributed by atoms with E-state index in [0.29, 0.717) is 23.4 Å². The van der Waals surface area contributed by atoms with E-state index in [1.165, 1.54) is 11.8 Å². The van der Waals surface area contributed by atoms with Gasteiger partial charge < -0.3 is 10.6 Å². The number of rotatable bonds is 6. The average molecular weight is 273 g/mol. The van der Waals surface area contributed by atoms with E-state index >= 15 is 0 Å². The summed E-state index contributed by atoms with van der Waals surface area (Å²) < 4.78 is 0. The van der Waals surface area contributed by atoms with Gasteiger partial charge in [0.1, 0.15) is 0 Å². The summed E-state index contributed by atoms with van der Waals surface area (Å²) in [6.45, 7) is 2.67. The van der Waals surface area contributed by atoms with Crippen LogP contribution >= 0.6 is 23.4 Å². The molecule has 1 atom stereocenters. The monoisotopic (exact) mass is 272 g/mol. The molecule has 0 heterocycles. The summed E-state index contributed by atoms with van der Waals surface area (Å²) in [5.41, 5.74) is 0. The minimum atomic E-state index is 0.0482. The second-order valence-electron chi connectivity index (χ2n) is 3.74. The first-order valence-electron chi connectivity index (χ1n) is 5.44. The molecule has 5 heteroatoms. The molecule has 0 aliphatic heterocycles. The first-order chi connectivity index (χ1) is 8.11. The summed E-state index contributed by atoms with van der Waals surface area (Å²) in [5.74, 6) is 0.477. The minimum Gasteiger partial charge on any atom is -0.354 e. The smallest absolute Gasteiger partial charge is 0.230 e. The molecule has 1 rings (SSSR count). The summed E-state index contributed by atoms with van der Waals surface area (Å²) in [5, 5.41) is 6.64. The fourth-order valence-electron chi connectivity index (χ4n) is 1.10. The van der Waals surface area contributed by atoms with Gasteiger partial charge in [0.25, 0.3) is 0 Å². The lowest BCUT2D eigenvalue weighted by molar-refractivity contribution is -0.118. The van der Waals surface area contributed by atoms with Crippen LogP contribution in [0.5, 0.6) is 0 Å². The van der Waals surface area contributed by atoms with E-state index < -0.39 is 0 Å². The third kappa shape index (κ3) is 5.96. The molecule has 0 saturated heterocycles. The Labute approximate surface area is 111 Å². The van der Waals surface area contributed by atoms with Crippen molar-refractivity contribution in [2.24, 2.45) is 0 Å². The van der Waals surface area contributed by atoms with E-state index in [1.54, 1.807) is 0 Å². The van der Waals surface area contributed by atoms with Gasteiger partial charge in [0.05, 0.1) is 5.75 Å². The lowest BCUT2D eigenvalue weighted by atomic mass is 10.3. The standard InChI is InChI=1S/C12H17ClN2OS/c1-9(14-2)7-15-12(16)8-17-11-5-3-10(13)4-6-11/h3-6,9,14H,7-8H2,1-2H3,(H,15,16). The van der Waals surface area contributed by atoms with Gasteiger partial charge >= 0.3 is 0 Å². The molecule has 0 spiro atoms. The van der Waals surface area contributed by atoms with E-state index in [1.807, 2.05) is 38.2 Å². The number of thioether (sulfide) groups is 1. The predicted molar refractivity (Wildman–Crippen MR) is 73.7 cm³/mol. The third-order valence-electron chi connectivity index (χ3n) is 2.28. The van der Waals surface area contributed by atoms with E-state index in [-0.39, 0.29) is 5.91 Å². The zero-order chi connectivity index (χ0) is 12.7. The summed E-state index contributed by atoms with van der Waals surface area (Å²) in [7, 11) is 1.87. The fraction of sp³-hybridized carbons (Fsp3) is 0.417. The van der Waals surface area contributed by atoms with Gasteiger partial charge in [-0.25, -0.2) is 0 Å². The molecular formula is C12H17ClN2OS. The molecule has 0 aliphatic rings. The Hall–Kier alpha value is -0.710. The molecule has 2 N–H and O–H groups in total. The number of benzene rings is 1. The Morgan fingerprint density at radius 1 is 1.41 bits per heavy atom. The molecule has 0 aromatic heterocycles. The van der Waals surface area contributed by atoms with Crippen LogP contribution < -0.4 is 10.6 Å². The second kappa shape index (κ2) is 7.58. The van der Waals surface area contributed by atoms with E-state index in [9.17, 15) is 4.79 Å². The highest BCUT2D eigenvalue weighted by Gasteiger charge is 2.04. The molecule has 0 aliphatic carbocycles. The number of hydrogen-bond acceptors (Lipinski definition) is 3. The molecule has 3 nitrogen and oxygen atoms in total. The molecular weight excluding hydrogens is 256 g/mol. The highest BCUT2D eigenvalue weighted by molar-refractivity contribution is 8.00. The number of likely N-dealkylation sites (N-methyl/N-ethyl adjacent to an activating group) is 1. The third-order valence-corrected chi connectivity index (χ3v) is 3.55. The Morgan fingerprint density at radius 2 is 2.06 bits per heavy atom. The van der Waals surface area contributed by atoms with Crippen molar-refractivity contribution in [2.45, 2.75) is 17.9 Å². The SMILES string of the molecule is CNC(C)CNC(=O)CSc1ccc(Cl)cc1. The van der Waals surface area contributed by atoms with Gasteiger partial charge in [-0.3, -0.25) is 4.79 Å². The number of carbonyl (C=O) groups excluding carboxylic acids is 1. The van der Waals surface area contributed by atoms with Crippen molar-refractivity contribution in [1.29, 1.82) is 0 Å². The number of amides is 1. The van der Waals surface area contributed by atoms with Crippen LogP contribution in [0.25, 0.3) is 0 Å². The van der Waals surface area contributed by atoms with Crippen LogP contribution in [0.3, 0.4) is 0 Å². The minimum absolute atomic E-state index is 0.0482. The summed E-state index contributed by atoms with van der Waals surface area (Å²) in [6, 6.07) is 7.77. The largest absolute Gasteiger partial charge is 0.354 e. The molecule has 1 aromatic rings. The van der Waals surface area contributed by atoms with Crippen LogP contribution in [-0.2, 0) is 4.79 Å². The van der Waals surface area contributed by atoms with Crippen molar-refractivity contribution in [2.75, 3.05) is 19.3 Å². The molecule has 1 unspecified atom stereocenters. The van der Waals surface area contributed by atoms with Crippen molar-refractivity contribution >= 4 is 29.3 Å². The number of carbonyl (C=O) groups is 1. The van der Waals surface area contributed by atoms with Crippen molar-refractivity contribution in [3.05, 3.63) is 29.3 Å². The molecule has 0 radical (unpaired) electrons. The van der Waals surface area contributed by atoms with Gasteiger partial charge in [0.15, 0.2) is 0 Å². The van der Waals surface area contributed by atoms with Gasteiger partial charge in [-0.05, 0) is 38.2 Å². The second-order valence-corrected chi connectivity index (χ2v) is 5.22. The highest BCUT2D eigenvalue weighted by Crippen LogP contribution is 2.19. The first kappa shape index (κ1) is 14.4. The van der Waals surface area contributed by atoms with Gasteiger partial charge in [-0.15, -0.1) is 11.8 Å². The van der Waals surface area contributed by atoms with Crippen molar-refractivity contribution in [3.63, 3.8) is 0 Å². The molecule has 0 saturated carbocycles. The zero-order valence-corrected chi connectivity index (χ0v) is 11.6. The molecule has 1 amide bonds. The lowest BCUT2D eigenvalue weighted by Gasteiger charge is -2.11. The van der Waals surface area contributed by atoms with E-state index in [0.717, 1.165) is 4.90 Å². The van der Waals surface area contributed by atoms with Crippen LogP contribution in [0.4, 0.5) is 0 Å². The Bertz CT molecular complexity index is 356. The Kier molecular flexibility index (Phi) is 6.40. The maximum absolute atomic E-state index is 11.5. The summed E-state index contributed by atoms with van der Waals surface area (Å²) >= 11 is 7.28. The van der Waals surface area contributed by atoms with E-state index in [2.05, 4.69) is 10.6 Å². The van der Waals surface area contributed by atoms with Crippen LogP contribution in [0, 0.1) is 0 Å². The highest BCUT2D eigenvalue weighted by atomic mass is 35.5. The zero-order valence-electron chi connectivity index (χ0n) is 10.00. The molecule has 17 heavy (non-hydrogen) atoms. The lowest BCUT2D eigenvalue weighted by Crippen LogP contribution is -2.37. The van der Waals surface area contributed by atoms with Gasteiger partial charge in [-0.2, -0.15) is 0 Å². The summed E-state index contributed by atoms with van der Waals surface area (Å²) in [4.78, 5) is 12.6. The van der Waals surface area contributed by atoms with Gasteiger partial charge in [0, 0.05) is 22.5 Å². The van der Waals surface area contributed by atoms with Crippen LogP contribution in [-0.4, -0.2) is 31.3 Å². The van der Waals surface area contributed by atoms with E-state index in [4.69, 9.17) is 11.6 Å². The number of nitrogens with one attached hydrogen (secondary N) is 2. The van der Waals surface area contributed by atoms with Crippen molar-refractivity contribution in [1.82, 2.24) is 10.6 Å². The maximum atomic E-state index is 11.5. The molecule has 1 aromatic carbocycles. The average Bonchev–Trinajstić information content (AvgIpc) is 2.35. The number of hydrogen-bond donors (Lipinski definition) is 2. The molecule has 94 valence electrons. The van der Waals surface area contributed by atoms with Crippen molar-refractivity contribution < 1.29 is 4.79 Å². The van der Waals surface area contributed by atoms with Gasteiger partial charge in [-0.1, -0.05) is 11.6 Å². The van der Waals surface area contributed by atoms with Crippen LogP contribution in [0.2, 0.25) is 5.02 Å². The molecule has 0 bridgehead atoms. The first-order valence-corrected chi connectivity index (χ1v) is 6.80. The maximum Gasteiger partial charge on any atom is 0.230 e. The Balaban J connectivity index is 2.26. The normalized spacial score (nSPS) is 12.2. The number of halogens is 1. The van der Waals surface area contributed by atoms with Crippen molar-refractivity contribution in [3.8, 4) is 0 Å². The van der Waals surface area contributed by atoms with Crippen LogP contribution in [0.15, 0.2) is 29.2 Å². The van der Waals surface area contributed by atoms with Gasteiger partial charge in [0.2, 0.25) is 5.91 Å². The Morgan fingerprint density at radius 3 is 2.65 bits per heavy atom. The topological polar surface area (TPSA) is 41.1 Å². The molecule has 0 fully saturated rings. The van der Waals surface area contributed by atoms with Crippen LogP contribution in [0.1, 0.15) is 6.92 Å². The fourth-order valence-corrected chi connectivity index (χ4v) is 1.95. The predicted octanol–water partition coefficient (Wildman–Crippen LogP) is 2.16. The summed E-state index contributed by atoms with van der Waals surface area (Å²) in [6.07, 6.45) is 0. The quantitative estimate of drug-likeness (QED) is 0.780.